The Morgan fingerprint density at radius 2 is 2.05 bits per heavy atom. The van der Waals surface area contributed by atoms with Gasteiger partial charge in [0, 0.05) is 26.2 Å². The first kappa shape index (κ1) is 15.9. The zero-order valence-electron chi connectivity index (χ0n) is 12.9. The number of carbonyl (C=O) groups is 1. The Balaban J connectivity index is 2.02. The van der Waals surface area contributed by atoms with Crippen molar-refractivity contribution in [1.82, 2.24) is 15.5 Å². The molecule has 1 amide bonds. The zero-order chi connectivity index (χ0) is 15.5. The van der Waals surface area contributed by atoms with Crippen LogP contribution in [0.1, 0.15) is 32.4 Å². The van der Waals surface area contributed by atoms with Crippen molar-refractivity contribution in [2.45, 2.75) is 32.4 Å². The molecule has 21 heavy (non-hydrogen) atoms. The lowest BCUT2D eigenvalue weighted by atomic mass is 9.99. The maximum absolute atomic E-state index is 13.3. The summed E-state index contributed by atoms with van der Waals surface area (Å²) in [6, 6.07) is 6.14. The molecule has 0 aromatic heterocycles. The number of halogens is 1. The maximum Gasteiger partial charge on any atom is 0.240 e. The predicted octanol–water partition coefficient (Wildman–Crippen LogP) is 1.69. The Bertz CT molecular complexity index is 498. The first-order valence-corrected chi connectivity index (χ1v) is 7.43. The van der Waals surface area contributed by atoms with Crippen LogP contribution in [0, 0.1) is 5.82 Å². The van der Waals surface area contributed by atoms with Crippen LogP contribution in [-0.4, -0.2) is 42.5 Å². The SMILES string of the molecule is CC(NC(=O)C(C)(C)N1CCNCC1)c1cccc(F)c1. The molecule has 1 heterocycles. The van der Waals surface area contributed by atoms with Crippen molar-refractivity contribution in [1.29, 1.82) is 0 Å². The summed E-state index contributed by atoms with van der Waals surface area (Å²) in [5, 5.41) is 6.28. The summed E-state index contributed by atoms with van der Waals surface area (Å²) in [7, 11) is 0. The summed E-state index contributed by atoms with van der Waals surface area (Å²) in [6.45, 7) is 9.26. The highest BCUT2D eigenvalue weighted by Gasteiger charge is 2.35. The fourth-order valence-corrected chi connectivity index (χ4v) is 2.60. The summed E-state index contributed by atoms with van der Waals surface area (Å²) in [5.74, 6) is -0.309. The van der Waals surface area contributed by atoms with Crippen molar-refractivity contribution in [3.05, 3.63) is 35.6 Å². The number of hydrogen-bond acceptors (Lipinski definition) is 3. The molecule has 116 valence electrons. The van der Waals surface area contributed by atoms with Gasteiger partial charge >= 0.3 is 0 Å². The Kier molecular flexibility index (Phi) is 4.96. The van der Waals surface area contributed by atoms with Gasteiger partial charge in [-0.1, -0.05) is 12.1 Å². The van der Waals surface area contributed by atoms with Crippen LogP contribution in [0.3, 0.4) is 0 Å². The van der Waals surface area contributed by atoms with Crippen LogP contribution < -0.4 is 10.6 Å². The smallest absolute Gasteiger partial charge is 0.240 e. The minimum atomic E-state index is -0.566. The van der Waals surface area contributed by atoms with Gasteiger partial charge in [-0.2, -0.15) is 0 Å². The van der Waals surface area contributed by atoms with Gasteiger partial charge in [0.15, 0.2) is 0 Å². The highest BCUT2D eigenvalue weighted by atomic mass is 19.1. The first-order valence-electron chi connectivity index (χ1n) is 7.43. The molecule has 0 saturated carbocycles. The summed E-state index contributed by atoms with van der Waals surface area (Å²) >= 11 is 0. The summed E-state index contributed by atoms with van der Waals surface area (Å²) in [5.41, 5.74) is 0.211. The van der Waals surface area contributed by atoms with Crippen LogP contribution in [-0.2, 0) is 4.79 Å². The van der Waals surface area contributed by atoms with Gasteiger partial charge in [-0.25, -0.2) is 4.39 Å². The minimum absolute atomic E-state index is 0.0267. The van der Waals surface area contributed by atoms with Crippen LogP contribution in [0.15, 0.2) is 24.3 Å². The minimum Gasteiger partial charge on any atom is -0.348 e. The average Bonchev–Trinajstić information content (AvgIpc) is 2.48. The zero-order valence-corrected chi connectivity index (χ0v) is 12.9. The molecule has 1 fully saturated rings. The van der Waals surface area contributed by atoms with Crippen LogP contribution >= 0.6 is 0 Å². The van der Waals surface area contributed by atoms with Crippen molar-refractivity contribution in [2.75, 3.05) is 26.2 Å². The van der Waals surface area contributed by atoms with E-state index in [0.717, 1.165) is 31.7 Å². The number of carbonyl (C=O) groups excluding carboxylic acids is 1. The molecule has 1 saturated heterocycles. The fourth-order valence-electron chi connectivity index (χ4n) is 2.60. The van der Waals surface area contributed by atoms with Crippen LogP contribution in [0.2, 0.25) is 0 Å². The Hall–Kier alpha value is -1.46. The van der Waals surface area contributed by atoms with Crippen molar-refractivity contribution in [2.24, 2.45) is 0 Å². The largest absolute Gasteiger partial charge is 0.348 e. The molecule has 0 bridgehead atoms. The molecule has 4 nitrogen and oxygen atoms in total. The van der Waals surface area contributed by atoms with Crippen molar-refractivity contribution < 1.29 is 9.18 Å². The molecule has 0 aliphatic carbocycles. The van der Waals surface area contributed by atoms with Crippen molar-refractivity contribution in [3.63, 3.8) is 0 Å². The quantitative estimate of drug-likeness (QED) is 0.888. The molecule has 1 aliphatic heterocycles. The second kappa shape index (κ2) is 6.54. The van der Waals surface area contributed by atoms with Gasteiger partial charge in [0.2, 0.25) is 5.91 Å². The van der Waals surface area contributed by atoms with Gasteiger partial charge in [0.1, 0.15) is 5.82 Å². The van der Waals surface area contributed by atoms with Gasteiger partial charge in [-0.15, -0.1) is 0 Å². The highest BCUT2D eigenvalue weighted by molar-refractivity contribution is 5.85. The molecule has 1 aromatic rings. The van der Waals surface area contributed by atoms with Gasteiger partial charge in [0.25, 0.3) is 0 Å². The standard InChI is InChI=1S/C16H24FN3O/c1-12(13-5-4-6-14(17)11-13)19-15(21)16(2,3)20-9-7-18-8-10-20/h4-6,11-12,18H,7-10H2,1-3H3,(H,19,21). The Morgan fingerprint density at radius 3 is 2.67 bits per heavy atom. The van der Waals surface area contributed by atoms with E-state index in [4.69, 9.17) is 0 Å². The lowest BCUT2D eigenvalue weighted by Gasteiger charge is -2.40. The van der Waals surface area contributed by atoms with E-state index in [1.54, 1.807) is 6.07 Å². The molecular formula is C16H24FN3O. The number of hydrogen-bond donors (Lipinski definition) is 2. The molecule has 0 radical (unpaired) electrons. The monoisotopic (exact) mass is 293 g/mol. The highest BCUT2D eigenvalue weighted by Crippen LogP contribution is 2.19. The van der Waals surface area contributed by atoms with E-state index in [1.807, 2.05) is 26.8 Å². The van der Waals surface area contributed by atoms with Crippen LogP contribution in [0.4, 0.5) is 4.39 Å². The van der Waals surface area contributed by atoms with E-state index in [2.05, 4.69) is 15.5 Å². The molecule has 1 aromatic carbocycles. The van der Waals surface area contributed by atoms with Crippen molar-refractivity contribution >= 4 is 5.91 Å². The lowest BCUT2D eigenvalue weighted by molar-refractivity contribution is -0.132. The Labute approximate surface area is 125 Å². The molecule has 2 N–H and O–H groups in total. The van der Waals surface area contributed by atoms with E-state index < -0.39 is 5.54 Å². The first-order chi connectivity index (χ1) is 9.91. The van der Waals surface area contributed by atoms with Gasteiger partial charge < -0.3 is 10.6 Å². The van der Waals surface area contributed by atoms with E-state index in [9.17, 15) is 9.18 Å². The summed E-state index contributed by atoms with van der Waals surface area (Å²) < 4.78 is 13.3. The normalized spacial score (nSPS) is 18.3. The van der Waals surface area contributed by atoms with Crippen molar-refractivity contribution in [3.8, 4) is 0 Å². The third-order valence-corrected chi connectivity index (χ3v) is 4.16. The van der Waals surface area contributed by atoms with E-state index in [0.29, 0.717) is 0 Å². The summed E-state index contributed by atoms with van der Waals surface area (Å²) in [4.78, 5) is 14.7. The van der Waals surface area contributed by atoms with Gasteiger partial charge in [-0.05, 0) is 38.5 Å². The third kappa shape index (κ3) is 3.80. The maximum atomic E-state index is 13.3. The van der Waals surface area contributed by atoms with Crippen LogP contribution in [0.25, 0.3) is 0 Å². The fraction of sp³-hybridized carbons (Fsp3) is 0.562. The third-order valence-electron chi connectivity index (χ3n) is 4.16. The average molecular weight is 293 g/mol. The van der Waals surface area contributed by atoms with Crippen LogP contribution in [0.5, 0.6) is 0 Å². The van der Waals surface area contributed by atoms with Gasteiger partial charge in [-0.3, -0.25) is 9.69 Å². The van der Waals surface area contributed by atoms with Gasteiger partial charge in [0.05, 0.1) is 11.6 Å². The number of amides is 1. The molecular weight excluding hydrogens is 269 g/mol. The van der Waals surface area contributed by atoms with E-state index in [1.165, 1.54) is 12.1 Å². The van der Waals surface area contributed by atoms with E-state index in [-0.39, 0.29) is 17.8 Å². The summed E-state index contributed by atoms with van der Waals surface area (Å²) in [6.07, 6.45) is 0. The Morgan fingerprint density at radius 1 is 1.38 bits per heavy atom. The number of nitrogens with zero attached hydrogens (tertiary/aromatic N) is 1. The molecule has 1 atom stereocenters. The molecule has 5 heteroatoms. The number of benzene rings is 1. The number of rotatable bonds is 4. The molecule has 1 aliphatic rings. The number of nitrogens with one attached hydrogen (secondary N) is 2. The predicted molar refractivity (Wildman–Crippen MR) is 81.5 cm³/mol. The number of piperazine rings is 1. The topological polar surface area (TPSA) is 44.4 Å². The molecule has 0 spiro atoms. The second-order valence-corrected chi connectivity index (χ2v) is 6.05. The lowest BCUT2D eigenvalue weighted by Crippen LogP contribution is -2.60. The molecule has 2 rings (SSSR count). The second-order valence-electron chi connectivity index (χ2n) is 6.05. The van der Waals surface area contributed by atoms with E-state index >= 15 is 0 Å². The molecule has 1 unspecified atom stereocenters.